The summed E-state index contributed by atoms with van der Waals surface area (Å²) < 4.78 is 16.0. The summed E-state index contributed by atoms with van der Waals surface area (Å²) >= 11 is 0. The van der Waals surface area contributed by atoms with Gasteiger partial charge in [-0.15, -0.1) is 0 Å². The molecule has 14 nitrogen and oxygen atoms in total. The lowest BCUT2D eigenvalue weighted by Crippen LogP contribution is -2.47. The van der Waals surface area contributed by atoms with Crippen molar-refractivity contribution >= 4 is 24.2 Å². The van der Waals surface area contributed by atoms with Crippen molar-refractivity contribution in [1.29, 1.82) is 0 Å². The number of hydroxylamine groups is 2. The van der Waals surface area contributed by atoms with Crippen molar-refractivity contribution < 1.29 is 38.3 Å². The first-order chi connectivity index (χ1) is 21.1. The fourth-order valence-corrected chi connectivity index (χ4v) is 5.55. The van der Waals surface area contributed by atoms with E-state index >= 15 is 0 Å². The maximum absolute atomic E-state index is 13.5. The summed E-state index contributed by atoms with van der Waals surface area (Å²) in [4.78, 5) is 50.2. The van der Waals surface area contributed by atoms with Crippen LogP contribution in [0.4, 0.5) is 14.4 Å². The number of ether oxygens (including phenoxy) is 2. The van der Waals surface area contributed by atoms with Crippen LogP contribution in [0.1, 0.15) is 90.0 Å². The Morgan fingerprint density at radius 3 is 2.29 bits per heavy atom. The minimum atomic E-state index is -1.27. The number of piperidine rings is 1. The molecule has 3 fully saturated rings. The van der Waals surface area contributed by atoms with Gasteiger partial charge in [-0.05, 0) is 71.8 Å². The molecule has 4 amide bonds. The average Bonchev–Trinajstić information content (AvgIpc) is 3.40. The first-order valence-corrected chi connectivity index (χ1v) is 15.1. The summed E-state index contributed by atoms with van der Waals surface area (Å²) in [6, 6.07) is 10.7. The lowest BCUT2D eigenvalue weighted by molar-refractivity contribution is -0.153. The zero-order chi connectivity index (χ0) is 32.6. The Kier molecular flexibility index (Phi) is 8.82. The molecule has 2 aromatic rings. The van der Waals surface area contributed by atoms with Crippen molar-refractivity contribution in [1.82, 2.24) is 25.8 Å². The van der Waals surface area contributed by atoms with Crippen LogP contribution in [-0.2, 0) is 20.9 Å². The van der Waals surface area contributed by atoms with Crippen LogP contribution in [0.2, 0.25) is 0 Å². The molecule has 3 aliphatic rings. The summed E-state index contributed by atoms with van der Waals surface area (Å²) in [5.41, 5.74) is -0.142. The number of aliphatic hydroxyl groups is 1. The number of guanidine groups is 1. The Morgan fingerprint density at radius 2 is 1.71 bits per heavy atom. The predicted octanol–water partition coefficient (Wildman–Crippen LogP) is 4.58. The second kappa shape index (κ2) is 12.3. The van der Waals surface area contributed by atoms with E-state index in [4.69, 9.17) is 18.8 Å². The monoisotopic (exact) mass is 626 g/mol. The number of amides is 4. The number of carbonyl (C=O) groups is 3. The number of benzene rings is 1. The Balaban J connectivity index is 1.26. The van der Waals surface area contributed by atoms with Gasteiger partial charge in [-0.2, -0.15) is 5.06 Å². The number of aromatic nitrogens is 1. The van der Waals surface area contributed by atoms with Gasteiger partial charge in [-0.3, -0.25) is 15.5 Å². The van der Waals surface area contributed by atoms with Gasteiger partial charge in [0, 0.05) is 12.6 Å². The van der Waals surface area contributed by atoms with Gasteiger partial charge in [-0.25, -0.2) is 19.4 Å². The van der Waals surface area contributed by atoms with E-state index in [2.05, 4.69) is 20.8 Å². The first kappa shape index (κ1) is 32.2. The number of alkyl carbamates (subject to hydrolysis) is 2. The lowest BCUT2D eigenvalue weighted by Gasteiger charge is -2.35. The van der Waals surface area contributed by atoms with Crippen LogP contribution in [0, 0.1) is 5.41 Å². The molecule has 1 aromatic carbocycles. The van der Waals surface area contributed by atoms with Gasteiger partial charge in [0.1, 0.15) is 29.6 Å². The van der Waals surface area contributed by atoms with E-state index in [-0.39, 0.29) is 41.8 Å². The molecule has 3 atom stereocenters. The number of aliphatic hydroxyl groups excluding tert-OH is 1. The SMILES string of the molecule is CC(C)(C)OC(=O)NC(=NC[C@H](O)c1cc([C@@H]2CC3(CC3)[C@@H]3CN2C(=O)N3OCc2ccccc2)no1)NC(=O)OC(C)(C)C. The van der Waals surface area contributed by atoms with Crippen LogP contribution < -0.4 is 10.6 Å². The van der Waals surface area contributed by atoms with Gasteiger partial charge < -0.3 is 24.0 Å². The number of hydrogen-bond acceptors (Lipinski definition) is 10. The summed E-state index contributed by atoms with van der Waals surface area (Å²) in [5, 5.41) is 21.4. The van der Waals surface area contributed by atoms with E-state index in [1.165, 1.54) is 5.06 Å². The van der Waals surface area contributed by atoms with Crippen LogP contribution >= 0.6 is 0 Å². The number of fused-ring (bicyclic) bond motifs is 3. The number of hydrogen-bond donors (Lipinski definition) is 3. The third-order valence-corrected chi connectivity index (χ3v) is 7.75. The second-order valence-corrected chi connectivity index (χ2v) is 13.7. The smallest absolute Gasteiger partial charge is 0.414 e. The minimum Gasteiger partial charge on any atom is -0.444 e. The van der Waals surface area contributed by atoms with Gasteiger partial charge in [0.15, 0.2) is 5.76 Å². The summed E-state index contributed by atoms with van der Waals surface area (Å²) in [6.45, 7) is 10.7. The lowest BCUT2D eigenvalue weighted by atomic mass is 9.84. The molecule has 1 spiro atoms. The van der Waals surface area contributed by atoms with E-state index in [1.54, 1.807) is 52.5 Å². The van der Waals surface area contributed by atoms with E-state index < -0.39 is 29.5 Å². The van der Waals surface area contributed by atoms with Gasteiger partial charge in [-0.1, -0.05) is 35.5 Å². The standard InChI is InChI=1S/C31H42N6O8/c1-29(2,3)43-26(39)33-25(34-27(40)44-30(4,5)6)32-16-22(38)23-14-20(35-45-23)21-15-31(12-13-31)24-17-36(21)28(41)37(24)42-18-19-10-8-7-9-11-19/h7-11,14,21-22,24,38H,12-13,15-18H2,1-6H3,(H2,32,33,34,39,40)/t21-,22-,24-/m0/s1. The number of nitrogens with one attached hydrogen (secondary N) is 2. The average molecular weight is 627 g/mol. The Bertz CT molecular complexity index is 1390. The second-order valence-electron chi connectivity index (χ2n) is 13.7. The molecule has 1 saturated carbocycles. The molecule has 5 rings (SSSR count). The fraction of sp³-hybridized carbons (Fsp3) is 0.581. The Labute approximate surface area is 262 Å². The number of aliphatic imine (C=N–C) groups is 1. The predicted molar refractivity (Wildman–Crippen MR) is 160 cm³/mol. The highest BCUT2D eigenvalue weighted by molar-refractivity contribution is 6.01. The topological polar surface area (TPSA) is 168 Å². The third kappa shape index (κ3) is 7.92. The van der Waals surface area contributed by atoms with E-state index in [0.717, 1.165) is 18.4 Å². The number of nitrogens with zero attached hydrogens (tertiary/aromatic N) is 4. The fourth-order valence-electron chi connectivity index (χ4n) is 5.55. The van der Waals surface area contributed by atoms with Crippen LogP contribution in [0.25, 0.3) is 0 Å². The van der Waals surface area contributed by atoms with Crippen LogP contribution in [0.15, 0.2) is 45.9 Å². The maximum Gasteiger partial charge on any atom is 0.414 e. The molecule has 2 bridgehead atoms. The number of urea groups is 1. The first-order valence-electron chi connectivity index (χ1n) is 15.1. The molecular weight excluding hydrogens is 584 g/mol. The van der Waals surface area contributed by atoms with E-state index in [9.17, 15) is 19.5 Å². The molecule has 3 heterocycles. The molecule has 1 aliphatic carbocycles. The maximum atomic E-state index is 13.5. The third-order valence-electron chi connectivity index (χ3n) is 7.75. The molecule has 2 aliphatic heterocycles. The van der Waals surface area contributed by atoms with Crippen molar-refractivity contribution in [2.24, 2.45) is 10.4 Å². The van der Waals surface area contributed by atoms with Gasteiger partial charge in [0.05, 0.1) is 18.6 Å². The molecule has 1 aromatic heterocycles. The highest BCUT2D eigenvalue weighted by atomic mass is 16.7. The molecule has 244 valence electrons. The summed E-state index contributed by atoms with van der Waals surface area (Å²) in [6.07, 6.45) is -0.293. The Hall–Kier alpha value is -4.17. The van der Waals surface area contributed by atoms with Gasteiger partial charge in [0.2, 0.25) is 5.96 Å². The quantitative estimate of drug-likeness (QED) is 0.294. The molecular formula is C31H42N6O8. The van der Waals surface area contributed by atoms with Gasteiger partial charge >= 0.3 is 18.2 Å². The molecule has 0 radical (unpaired) electrons. The van der Waals surface area contributed by atoms with Crippen molar-refractivity contribution in [3.63, 3.8) is 0 Å². The molecule has 45 heavy (non-hydrogen) atoms. The van der Waals surface area contributed by atoms with E-state index in [1.807, 2.05) is 30.3 Å². The highest BCUT2D eigenvalue weighted by Gasteiger charge is 2.63. The normalized spacial score (nSPS) is 20.9. The summed E-state index contributed by atoms with van der Waals surface area (Å²) in [5.74, 6) is -0.150. The van der Waals surface area contributed by atoms with Crippen molar-refractivity contribution in [2.45, 2.75) is 96.8 Å². The van der Waals surface area contributed by atoms with Crippen molar-refractivity contribution in [2.75, 3.05) is 13.1 Å². The number of rotatable bonds is 7. The van der Waals surface area contributed by atoms with Crippen LogP contribution in [0.5, 0.6) is 0 Å². The molecule has 2 saturated heterocycles. The Morgan fingerprint density at radius 1 is 1.09 bits per heavy atom. The van der Waals surface area contributed by atoms with Gasteiger partial charge in [0.25, 0.3) is 0 Å². The number of carbonyl (C=O) groups excluding carboxylic acids is 3. The molecule has 14 heteroatoms. The van der Waals surface area contributed by atoms with Crippen LogP contribution in [-0.4, -0.2) is 74.7 Å². The van der Waals surface area contributed by atoms with E-state index in [0.29, 0.717) is 25.3 Å². The minimum absolute atomic E-state index is 0.0374. The summed E-state index contributed by atoms with van der Waals surface area (Å²) in [7, 11) is 0. The molecule has 0 unspecified atom stereocenters. The molecule has 3 N–H and O–H groups in total. The van der Waals surface area contributed by atoms with Crippen molar-refractivity contribution in [3.8, 4) is 0 Å². The highest BCUT2D eigenvalue weighted by Crippen LogP contribution is 2.61. The van der Waals surface area contributed by atoms with Crippen LogP contribution in [0.3, 0.4) is 0 Å². The zero-order valence-electron chi connectivity index (χ0n) is 26.5. The largest absolute Gasteiger partial charge is 0.444 e. The van der Waals surface area contributed by atoms with Crippen molar-refractivity contribution in [3.05, 3.63) is 53.4 Å². The zero-order valence-corrected chi connectivity index (χ0v) is 26.5.